The molecule has 0 fully saturated rings. The van der Waals surface area contributed by atoms with Gasteiger partial charge in [-0.25, -0.2) is 9.97 Å². The summed E-state index contributed by atoms with van der Waals surface area (Å²) in [5.41, 5.74) is 9.24. The molecule has 0 atom stereocenters. The molecule has 3 heterocycles. The molecule has 0 saturated carbocycles. The maximum Gasteiger partial charge on any atom is 0.165 e. The van der Waals surface area contributed by atoms with Crippen LogP contribution in [0.25, 0.3) is 120 Å². The zero-order valence-corrected chi connectivity index (χ0v) is 31.3. The zero-order valence-electron chi connectivity index (χ0n) is 31.3. The summed E-state index contributed by atoms with van der Waals surface area (Å²) in [7, 11) is 0. The lowest BCUT2D eigenvalue weighted by atomic mass is 9.93. The Morgan fingerprint density at radius 1 is 0.310 bits per heavy atom. The van der Waals surface area contributed by atoms with Gasteiger partial charge in [0.05, 0.1) is 38.8 Å². The topological polar surface area (TPSA) is 35.6 Å². The quantitative estimate of drug-likeness (QED) is 0.169. The lowest BCUT2D eigenvalue weighted by molar-refractivity contribution is 1.08. The third-order valence-corrected chi connectivity index (χ3v) is 12.2. The molecule has 4 nitrogen and oxygen atoms in total. The molecule has 0 aliphatic rings. The number of hydrogen-bond acceptors (Lipinski definition) is 2. The molecular weight excluding hydrogens is 705 g/mol. The second kappa shape index (κ2) is 11.8. The van der Waals surface area contributed by atoms with Crippen molar-refractivity contribution in [3.05, 3.63) is 194 Å². The van der Waals surface area contributed by atoms with E-state index in [4.69, 9.17) is 9.97 Å². The SMILES string of the molecule is c1ccc2cc3c(cc2c1)c1c(-n2c4ccccc4c4ccccc42)cccc1n3-c1nc2ccccc2nc1-c1ccc2c3ccccc3c3ccccc3c2c1. The molecule has 0 N–H and O–H groups in total. The molecule has 0 aliphatic carbocycles. The maximum absolute atomic E-state index is 5.55. The van der Waals surface area contributed by atoms with Crippen LogP contribution in [0.15, 0.2) is 194 Å². The molecule has 0 spiro atoms. The maximum atomic E-state index is 5.55. The number of benzene rings is 10. The molecule has 0 saturated heterocycles. The Morgan fingerprint density at radius 2 is 0.828 bits per heavy atom. The Bertz CT molecular complexity index is 3780. The van der Waals surface area contributed by atoms with Gasteiger partial charge in [-0.15, -0.1) is 0 Å². The molecule has 58 heavy (non-hydrogen) atoms. The van der Waals surface area contributed by atoms with Crippen molar-refractivity contribution in [2.45, 2.75) is 0 Å². The molecule has 0 unspecified atom stereocenters. The summed E-state index contributed by atoms with van der Waals surface area (Å²) in [5, 5.41) is 14.6. The second-order valence-corrected chi connectivity index (χ2v) is 15.3. The highest BCUT2D eigenvalue weighted by Crippen LogP contribution is 2.43. The van der Waals surface area contributed by atoms with Gasteiger partial charge >= 0.3 is 0 Å². The van der Waals surface area contributed by atoms with E-state index >= 15 is 0 Å². The van der Waals surface area contributed by atoms with E-state index in [0.717, 1.165) is 44.8 Å². The van der Waals surface area contributed by atoms with Crippen molar-refractivity contribution in [3.8, 4) is 22.8 Å². The van der Waals surface area contributed by atoms with Gasteiger partial charge in [-0.2, -0.15) is 0 Å². The normalized spacial score (nSPS) is 12.1. The zero-order chi connectivity index (χ0) is 37.9. The third-order valence-electron chi connectivity index (χ3n) is 12.2. The highest BCUT2D eigenvalue weighted by atomic mass is 15.1. The van der Waals surface area contributed by atoms with E-state index in [1.165, 1.54) is 75.7 Å². The summed E-state index contributed by atoms with van der Waals surface area (Å²) in [6, 6.07) is 70.1. The van der Waals surface area contributed by atoms with E-state index in [9.17, 15) is 0 Å². The van der Waals surface area contributed by atoms with E-state index in [-0.39, 0.29) is 0 Å². The van der Waals surface area contributed by atoms with Crippen LogP contribution in [0.4, 0.5) is 0 Å². The van der Waals surface area contributed by atoms with Crippen LogP contribution in [0.3, 0.4) is 0 Å². The molecule has 3 aromatic heterocycles. The molecule has 0 bridgehead atoms. The van der Waals surface area contributed by atoms with Gasteiger partial charge in [0.2, 0.25) is 0 Å². The van der Waals surface area contributed by atoms with Crippen LogP contribution in [-0.2, 0) is 0 Å². The van der Waals surface area contributed by atoms with Gasteiger partial charge in [0.1, 0.15) is 5.69 Å². The summed E-state index contributed by atoms with van der Waals surface area (Å²) < 4.78 is 4.81. The average molecular weight is 737 g/mol. The first kappa shape index (κ1) is 31.4. The van der Waals surface area contributed by atoms with Crippen LogP contribution in [0, 0.1) is 0 Å². The van der Waals surface area contributed by atoms with Crippen LogP contribution in [0.2, 0.25) is 0 Å². The van der Waals surface area contributed by atoms with Crippen LogP contribution in [0.1, 0.15) is 0 Å². The Kier molecular flexibility index (Phi) is 6.41. The second-order valence-electron chi connectivity index (χ2n) is 15.3. The van der Waals surface area contributed by atoms with Gasteiger partial charge < -0.3 is 4.57 Å². The minimum atomic E-state index is 0.804. The smallest absolute Gasteiger partial charge is 0.165 e. The molecular formula is C54H32N4. The predicted octanol–water partition coefficient (Wildman–Crippen LogP) is 14.1. The van der Waals surface area contributed by atoms with Crippen molar-refractivity contribution in [1.29, 1.82) is 0 Å². The molecule has 0 radical (unpaired) electrons. The van der Waals surface area contributed by atoms with Gasteiger partial charge in [0.15, 0.2) is 5.82 Å². The molecule has 13 rings (SSSR count). The molecule has 4 heteroatoms. The highest BCUT2D eigenvalue weighted by molar-refractivity contribution is 6.26. The number of hydrogen-bond donors (Lipinski definition) is 0. The van der Waals surface area contributed by atoms with Crippen LogP contribution >= 0.6 is 0 Å². The van der Waals surface area contributed by atoms with Crippen molar-refractivity contribution in [3.63, 3.8) is 0 Å². The van der Waals surface area contributed by atoms with Crippen LogP contribution < -0.4 is 0 Å². The summed E-state index contributed by atoms with van der Waals surface area (Å²) in [6.07, 6.45) is 0. The number of rotatable bonds is 3. The van der Waals surface area contributed by atoms with Gasteiger partial charge in [-0.05, 0) is 97.7 Å². The molecule has 268 valence electrons. The minimum Gasteiger partial charge on any atom is -0.309 e. The molecule has 10 aromatic carbocycles. The fourth-order valence-electron chi connectivity index (χ4n) is 9.73. The first-order valence-electron chi connectivity index (χ1n) is 19.8. The number of para-hydroxylation sites is 4. The molecule has 0 aliphatic heterocycles. The Morgan fingerprint density at radius 3 is 1.50 bits per heavy atom. The Balaban J connectivity index is 1.18. The van der Waals surface area contributed by atoms with Crippen molar-refractivity contribution in [2.75, 3.05) is 0 Å². The van der Waals surface area contributed by atoms with Gasteiger partial charge in [0, 0.05) is 27.1 Å². The fraction of sp³-hybridized carbons (Fsp3) is 0. The van der Waals surface area contributed by atoms with E-state index in [1.54, 1.807) is 0 Å². The monoisotopic (exact) mass is 736 g/mol. The summed E-state index contributed by atoms with van der Waals surface area (Å²) in [4.78, 5) is 11.0. The van der Waals surface area contributed by atoms with E-state index in [0.29, 0.717) is 0 Å². The minimum absolute atomic E-state index is 0.804. The lowest BCUT2D eigenvalue weighted by Crippen LogP contribution is -2.04. The van der Waals surface area contributed by atoms with Crippen molar-refractivity contribution >= 4 is 97.7 Å². The average Bonchev–Trinajstić information content (AvgIpc) is 3.80. The lowest BCUT2D eigenvalue weighted by Gasteiger charge is -2.16. The Labute approximate surface area is 332 Å². The third kappa shape index (κ3) is 4.34. The highest BCUT2D eigenvalue weighted by Gasteiger charge is 2.24. The van der Waals surface area contributed by atoms with Gasteiger partial charge in [-0.3, -0.25) is 4.57 Å². The largest absolute Gasteiger partial charge is 0.309 e. The Hall–Kier alpha value is -7.82. The van der Waals surface area contributed by atoms with Gasteiger partial charge in [-0.1, -0.05) is 140 Å². The van der Waals surface area contributed by atoms with E-state index in [1.807, 2.05) is 12.1 Å². The predicted molar refractivity (Wildman–Crippen MR) is 244 cm³/mol. The molecule has 0 amide bonds. The van der Waals surface area contributed by atoms with Crippen molar-refractivity contribution in [1.82, 2.24) is 19.1 Å². The number of nitrogens with zero attached hydrogens (tertiary/aromatic N) is 4. The summed E-state index contributed by atoms with van der Waals surface area (Å²) in [6.45, 7) is 0. The fourth-order valence-corrected chi connectivity index (χ4v) is 9.73. The first-order chi connectivity index (χ1) is 28.8. The summed E-state index contributed by atoms with van der Waals surface area (Å²) >= 11 is 0. The van der Waals surface area contributed by atoms with Gasteiger partial charge in [0.25, 0.3) is 0 Å². The number of aromatic nitrogens is 4. The van der Waals surface area contributed by atoms with Crippen LogP contribution in [0.5, 0.6) is 0 Å². The van der Waals surface area contributed by atoms with Crippen molar-refractivity contribution < 1.29 is 0 Å². The van der Waals surface area contributed by atoms with E-state index in [2.05, 4.69) is 191 Å². The standard InChI is InChI=1S/C54H32N4/c1-2-15-34-32-51-44(30-33(34)14-1)52-49(57-47-24-11-7-20-41(47)42-21-8-12-25-48(42)57)26-13-27-50(52)58(51)54-53(55-45-22-9-10-23-46(45)56-54)35-28-29-40-38-18-4-3-16-36(38)37-17-5-6-19-39(37)43(40)31-35/h1-32H. The van der Waals surface area contributed by atoms with Crippen molar-refractivity contribution in [2.24, 2.45) is 0 Å². The number of fused-ring (bicyclic) bond motifs is 14. The summed E-state index contributed by atoms with van der Waals surface area (Å²) in [5.74, 6) is 0.804. The first-order valence-corrected chi connectivity index (χ1v) is 19.8. The van der Waals surface area contributed by atoms with Crippen LogP contribution in [-0.4, -0.2) is 19.1 Å². The van der Waals surface area contributed by atoms with E-state index < -0.39 is 0 Å². The molecule has 13 aromatic rings.